The Labute approximate surface area is 142 Å². The minimum Gasteiger partial charge on any atom is -0.339 e. The zero-order valence-electron chi connectivity index (χ0n) is 14.1. The van der Waals surface area contributed by atoms with E-state index in [0.717, 1.165) is 45.1 Å². The Kier molecular flexibility index (Phi) is 4.08. The van der Waals surface area contributed by atoms with Crippen LogP contribution in [0.2, 0.25) is 0 Å². The number of aromatic nitrogens is 2. The molecule has 1 aliphatic heterocycles. The first-order chi connectivity index (χ1) is 11.8. The highest BCUT2D eigenvalue weighted by Crippen LogP contribution is 2.38. The van der Waals surface area contributed by atoms with Gasteiger partial charge in [0.1, 0.15) is 0 Å². The zero-order chi connectivity index (χ0) is 16.5. The topological polar surface area (TPSA) is 59.2 Å². The second-order valence-corrected chi connectivity index (χ2v) is 6.73. The van der Waals surface area contributed by atoms with Gasteiger partial charge in [-0.25, -0.2) is 0 Å². The molecule has 5 heteroatoms. The lowest BCUT2D eigenvalue weighted by Gasteiger charge is -2.31. The van der Waals surface area contributed by atoms with Crippen molar-refractivity contribution >= 4 is 5.91 Å². The van der Waals surface area contributed by atoms with E-state index in [0.29, 0.717) is 11.7 Å². The molecule has 0 radical (unpaired) electrons. The largest absolute Gasteiger partial charge is 0.339 e. The van der Waals surface area contributed by atoms with Crippen LogP contribution in [-0.4, -0.2) is 27.5 Å². The first-order valence-corrected chi connectivity index (χ1v) is 8.98. The van der Waals surface area contributed by atoms with Crippen LogP contribution in [0.15, 0.2) is 28.8 Å². The van der Waals surface area contributed by atoms with Crippen LogP contribution in [0.1, 0.15) is 67.4 Å². The highest BCUT2D eigenvalue weighted by atomic mass is 16.5. The quantitative estimate of drug-likeness (QED) is 0.867. The van der Waals surface area contributed by atoms with E-state index in [2.05, 4.69) is 28.3 Å². The van der Waals surface area contributed by atoms with E-state index >= 15 is 0 Å². The van der Waals surface area contributed by atoms with Crippen LogP contribution in [-0.2, 0) is 17.6 Å². The van der Waals surface area contributed by atoms with Crippen LogP contribution in [0, 0.1) is 0 Å². The number of rotatable bonds is 3. The molecule has 0 N–H and O–H groups in total. The number of nitrogens with zero attached hydrogens (tertiary/aromatic N) is 3. The lowest BCUT2D eigenvalue weighted by Crippen LogP contribution is -2.36. The zero-order valence-corrected chi connectivity index (χ0v) is 14.1. The monoisotopic (exact) mass is 325 g/mol. The van der Waals surface area contributed by atoms with Crippen LogP contribution in [0.25, 0.3) is 0 Å². The molecular formula is C19H23N3O2. The van der Waals surface area contributed by atoms with E-state index in [1.807, 2.05) is 17.9 Å². The Hall–Kier alpha value is -2.17. The maximum atomic E-state index is 13.3. The summed E-state index contributed by atoms with van der Waals surface area (Å²) in [6.45, 7) is 2.78. The van der Waals surface area contributed by atoms with Crippen molar-refractivity contribution in [2.45, 2.75) is 57.4 Å². The summed E-state index contributed by atoms with van der Waals surface area (Å²) in [4.78, 5) is 19.7. The number of aryl methyl sites for hydroxylation is 2. The number of benzene rings is 1. The molecule has 5 nitrogen and oxygen atoms in total. The fraction of sp³-hybridized carbons (Fsp3) is 0.526. The second kappa shape index (κ2) is 6.38. The van der Waals surface area contributed by atoms with Gasteiger partial charge in [-0.15, -0.1) is 0 Å². The number of fused-ring (bicyclic) bond motifs is 1. The second-order valence-electron chi connectivity index (χ2n) is 6.73. The molecule has 2 heterocycles. The summed E-state index contributed by atoms with van der Waals surface area (Å²) in [5.74, 6) is 1.52. The van der Waals surface area contributed by atoms with Gasteiger partial charge in [0.2, 0.25) is 11.8 Å². The van der Waals surface area contributed by atoms with E-state index in [-0.39, 0.29) is 17.9 Å². The molecule has 4 rings (SSSR count). The minimum absolute atomic E-state index is 0.0203. The van der Waals surface area contributed by atoms with E-state index in [9.17, 15) is 4.79 Å². The molecule has 2 atom stereocenters. The number of amides is 1. The lowest BCUT2D eigenvalue weighted by atomic mass is 9.82. The first kappa shape index (κ1) is 15.4. The fourth-order valence-electron chi connectivity index (χ4n) is 4.06. The van der Waals surface area contributed by atoms with Crippen molar-refractivity contribution in [2.24, 2.45) is 0 Å². The van der Waals surface area contributed by atoms with E-state index < -0.39 is 0 Å². The average Bonchev–Trinajstić information content (AvgIpc) is 3.29. The molecule has 2 aromatic rings. The van der Waals surface area contributed by atoms with Crippen molar-refractivity contribution < 1.29 is 9.32 Å². The molecule has 1 aliphatic carbocycles. The summed E-state index contributed by atoms with van der Waals surface area (Å²) in [5, 5.41) is 4.11. The standard InChI is InChI=1S/C19H23N3O2/c1-2-17-20-18(21-24-17)16-11-6-12-22(16)19(23)15-10-5-8-13-7-3-4-9-14(13)15/h3-4,7,9,15-16H,2,5-6,8,10-12H2,1H3/t15-,16-/m0/s1. The number of likely N-dealkylation sites (tertiary alicyclic amines) is 1. The molecule has 2 aliphatic rings. The predicted molar refractivity (Wildman–Crippen MR) is 89.5 cm³/mol. The third kappa shape index (κ3) is 2.62. The van der Waals surface area contributed by atoms with Crippen LogP contribution < -0.4 is 0 Å². The SMILES string of the molecule is CCc1nc([C@@H]2CCCN2C(=O)[C@H]2CCCc3ccccc32)no1. The molecule has 126 valence electrons. The van der Waals surface area contributed by atoms with Gasteiger partial charge in [-0.2, -0.15) is 4.98 Å². The molecule has 24 heavy (non-hydrogen) atoms. The highest BCUT2D eigenvalue weighted by Gasteiger charge is 2.38. The minimum atomic E-state index is -0.0318. The molecule has 1 amide bonds. The lowest BCUT2D eigenvalue weighted by molar-refractivity contribution is -0.134. The Morgan fingerprint density at radius 3 is 3.00 bits per heavy atom. The summed E-state index contributed by atoms with van der Waals surface area (Å²) in [7, 11) is 0. The summed E-state index contributed by atoms with van der Waals surface area (Å²) < 4.78 is 5.26. The third-order valence-corrected chi connectivity index (χ3v) is 5.29. The van der Waals surface area contributed by atoms with Gasteiger partial charge >= 0.3 is 0 Å². The van der Waals surface area contributed by atoms with E-state index in [1.54, 1.807) is 0 Å². The van der Waals surface area contributed by atoms with Gasteiger partial charge < -0.3 is 9.42 Å². The molecular weight excluding hydrogens is 302 g/mol. The van der Waals surface area contributed by atoms with Crippen molar-refractivity contribution in [1.82, 2.24) is 15.0 Å². The normalized spacial score (nSPS) is 23.3. The van der Waals surface area contributed by atoms with Crippen molar-refractivity contribution in [3.8, 4) is 0 Å². The number of hydrogen-bond donors (Lipinski definition) is 0. The predicted octanol–water partition coefficient (Wildman–Crippen LogP) is 3.42. The van der Waals surface area contributed by atoms with Gasteiger partial charge in [0, 0.05) is 13.0 Å². The molecule has 0 spiro atoms. The van der Waals surface area contributed by atoms with Gasteiger partial charge in [0.15, 0.2) is 5.82 Å². The average molecular weight is 325 g/mol. The molecule has 0 unspecified atom stereocenters. The Morgan fingerprint density at radius 2 is 2.17 bits per heavy atom. The summed E-state index contributed by atoms with van der Waals surface area (Å²) in [6, 6.07) is 8.35. The Morgan fingerprint density at radius 1 is 1.29 bits per heavy atom. The first-order valence-electron chi connectivity index (χ1n) is 8.98. The summed E-state index contributed by atoms with van der Waals surface area (Å²) in [5.41, 5.74) is 2.53. The van der Waals surface area contributed by atoms with Gasteiger partial charge in [-0.05, 0) is 43.2 Å². The maximum Gasteiger partial charge on any atom is 0.230 e. The van der Waals surface area contributed by atoms with Crippen molar-refractivity contribution in [3.63, 3.8) is 0 Å². The van der Waals surface area contributed by atoms with Crippen LogP contribution in [0.5, 0.6) is 0 Å². The van der Waals surface area contributed by atoms with Gasteiger partial charge in [0.05, 0.1) is 12.0 Å². The van der Waals surface area contributed by atoms with Crippen molar-refractivity contribution in [3.05, 3.63) is 47.1 Å². The summed E-state index contributed by atoms with van der Waals surface area (Å²) >= 11 is 0. The summed E-state index contributed by atoms with van der Waals surface area (Å²) in [6.07, 6.45) is 5.74. The van der Waals surface area contributed by atoms with Gasteiger partial charge in [-0.3, -0.25) is 4.79 Å². The van der Waals surface area contributed by atoms with Gasteiger partial charge in [-0.1, -0.05) is 36.3 Å². The molecule has 1 aromatic heterocycles. The fourth-order valence-corrected chi connectivity index (χ4v) is 4.06. The van der Waals surface area contributed by atoms with Crippen LogP contribution in [0.3, 0.4) is 0 Å². The molecule has 1 fully saturated rings. The molecule has 0 bridgehead atoms. The highest BCUT2D eigenvalue weighted by molar-refractivity contribution is 5.85. The number of carbonyl (C=O) groups is 1. The van der Waals surface area contributed by atoms with E-state index in [1.165, 1.54) is 11.1 Å². The van der Waals surface area contributed by atoms with Crippen LogP contribution >= 0.6 is 0 Å². The number of hydrogen-bond acceptors (Lipinski definition) is 4. The molecule has 1 aromatic carbocycles. The van der Waals surface area contributed by atoms with Crippen LogP contribution in [0.4, 0.5) is 0 Å². The molecule has 1 saturated heterocycles. The Balaban J connectivity index is 1.60. The smallest absolute Gasteiger partial charge is 0.230 e. The number of carbonyl (C=O) groups excluding carboxylic acids is 1. The van der Waals surface area contributed by atoms with E-state index in [4.69, 9.17) is 4.52 Å². The van der Waals surface area contributed by atoms with Crippen molar-refractivity contribution in [2.75, 3.05) is 6.54 Å². The molecule has 0 saturated carbocycles. The Bertz CT molecular complexity index is 740. The van der Waals surface area contributed by atoms with Crippen molar-refractivity contribution in [1.29, 1.82) is 0 Å². The third-order valence-electron chi connectivity index (χ3n) is 5.29. The maximum absolute atomic E-state index is 13.3. The van der Waals surface area contributed by atoms with Gasteiger partial charge in [0.25, 0.3) is 0 Å².